The van der Waals surface area contributed by atoms with Crippen LogP contribution >= 0.6 is 12.2 Å². The zero-order valence-corrected chi connectivity index (χ0v) is 11.8. The summed E-state index contributed by atoms with van der Waals surface area (Å²) in [6.45, 7) is 5.29. The van der Waals surface area contributed by atoms with E-state index in [1.807, 2.05) is 13.8 Å². The van der Waals surface area contributed by atoms with Gasteiger partial charge in [-0.05, 0) is 44.3 Å². The number of aromatic nitrogens is 2. The van der Waals surface area contributed by atoms with Gasteiger partial charge in [0.05, 0.1) is 11.0 Å². The van der Waals surface area contributed by atoms with E-state index in [1.54, 1.807) is 15.5 Å². The summed E-state index contributed by atoms with van der Waals surface area (Å²) in [4.78, 5) is 16.8. The third kappa shape index (κ3) is 2.68. The van der Waals surface area contributed by atoms with E-state index in [4.69, 9.17) is 12.2 Å². The Morgan fingerprint density at radius 2 is 2.11 bits per heavy atom. The lowest BCUT2D eigenvalue weighted by molar-refractivity contribution is -0.131. The molecule has 0 spiro atoms. The van der Waals surface area contributed by atoms with E-state index < -0.39 is 0 Å². The number of fused-ring (bicyclic) bond motifs is 1. The van der Waals surface area contributed by atoms with E-state index in [0.29, 0.717) is 23.4 Å². The van der Waals surface area contributed by atoms with Crippen molar-refractivity contribution < 1.29 is 9.18 Å². The van der Waals surface area contributed by atoms with Gasteiger partial charge in [0, 0.05) is 13.1 Å². The molecule has 0 aliphatic carbocycles. The number of amides is 1. The zero-order chi connectivity index (χ0) is 14.0. The number of benzene rings is 1. The average molecular weight is 281 g/mol. The Balaban J connectivity index is 2.40. The topological polar surface area (TPSA) is 41.0 Å². The van der Waals surface area contributed by atoms with Crippen molar-refractivity contribution in [3.05, 3.63) is 28.8 Å². The number of halogens is 1. The van der Waals surface area contributed by atoms with Crippen LogP contribution in [0, 0.1) is 10.6 Å². The molecule has 1 heterocycles. The van der Waals surface area contributed by atoms with Crippen molar-refractivity contribution in [2.45, 2.75) is 20.4 Å². The van der Waals surface area contributed by atoms with Gasteiger partial charge in [-0.15, -0.1) is 0 Å². The van der Waals surface area contributed by atoms with E-state index in [0.717, 1.165) is 5.52 Å². The average Bonchev–Trinajstić information content (AvgIpc) is 2.67. The van der Waals surface area contributed by atoms with E-state index >= 15 is 0 Å². The molecule has 4 nitrogen and oxygen atoms in total. The van der Waals surface area contributed by atoms with E-state index in [1.165, 1.54) is 12.1 Å². The molecular formula is C13H16FN3OS. The van der Waals surface area contributed by atoms with Gasteiger partial charge in [0.25, 0.3) is 0 Å². The molecule has 0 fully saturated rings. The van der Waals surface area contributed by atoms with Crippen LogP contribution in [-0.2, 0) is 11.3 Å². The second-order valence-electron chi connectivity index (χ2n) is 4.24. The zero-order valence-electron chi connectivity index (χ0n) is 10.9. The Labute approximate surface area is 115 Å². The highest BCUT2D eigenvalue weighted by molar-refractivity contribution is 7.71. The lowest BCUT2D eigenvalue weighted by Crippen LogP contribution is -2.33. The lowest BCUT2D eigenvalue weighted by atomic mass is 10.3. The number of imidazole rings is 1. The Kier molecular flexibility index (Phi) is 3.99. The highest BCUT2D eigenvalue weighted by Gasteiger charge is 2.13. The van der Waals surface area contributed by atoms with Gasteiger partial charge in [0.15, 0.2) is 4.77 Å². The molecule has 1 amide bonds. The summed E-state index contributed by atoms with van der Waals surface area (Å²) in [5.74, 6) is -0.364. The van der Waals surface area contributed by atoms with Crippen LogP contribution < -0.4 is 0 Å². The number of H-pyrrole nitrogens is 1. The number of aromatic amines is 1. The molecule has 0 atom stereocenters. The first-order chi connectivity index (χ1) is 9.06. The third-order valence-corrected chi connectivity index (χ3v) is 3.47. The van der Waals surface area contributed by atoms with Crippen LogP contribution in [0.15, 0.2) is 18.2 Å². The summed E-state index contributed by atoms with van der Waals surface area (Å²) < 4.78 is 15.4. The van der Waals surface area contributed by atoms with Crippen molar-refractivity contribution in [1.82, 2.24) is 14.5 Å². The summed E-state index contributed by atoms with van der Waals surface area (Å²) in [6.07, 6.45) is 0. The smallest absolute Gasteiger partial charge is 0.242 e. The summed E-state index contributed by atoms with van der Waals surface area (Å²) in [5.41, 5.74) is 1.35. The number of nitrogens with one attached hydrogen (secondary N) is 1. The number of likely N-dealkylation sites (N-methyl/N-ethyl adjacent to an activating group) is 1. The molecule has 0 saturated heterocycles. The summed E-state index contributed by atoms with van der Waals surface area (Å²) in [5, 5.41) is 0. The Morgan fingerprint density at radius 3 is 2.74 bits per heavy atom. The molecule has 2 rings (SSSR count). The van der Waals surface area contributed by atoms with Crippen molar-refractivity contribution >= 4 is 29.2 Å². The van der Waals surface area contributed by atoms with Crippen molar-refractivity contribution in [3.8, 4) is 0 Å². The second kappa shape index (κ2) is 5.52. The normalized spacial score (nSPS) is 10.9. The number of nitrogens with zero attached hydrogens (tertiary/aromatic N) is 2. The SMILES string of the molecule is CCN(CC)C(=O)Cn1c(=S)[nH]c2ccc(F)cc21. The fourth-order valence-electron chi connectivity index (χ4n) is 2.09. The molecule has 0 radical (unpaired) electrons. The van der Waals surface area contributed by atoms with Gasteiger partial charge in [0.2, 0.25) is 5.91 Å². The molecular weight excluding hydrogens is 265 g/mol. The number of carbonyl (C=O) groups is 1. The molecule has 1 aromatic heterocycles. The first-order valence-electron chi connectivity index (χ1n) is 6.22. The molecule has 1 aromatic carbocycles. The van der Waals surface area contributed by atoms with Gasteiger partial charge in [-0.25, -0.2) is 4.39 Å². The fourth-order valence-corrected chi connectivity index (χ4v) is 2.37. The molecule has 2 aromatic rings. The minimum absolute atomic E-state index is 0.0220. The largest absolute Gasteiger partial charge is 0.342 e. The first-order valence-corrected chi connectivity index (χ1v) is 6.63. The standard InChI is InChI=1S/C13H16FN3OS/c1-3-16(4-2)12(18)8-17-11-7-9(14)5-6-10(11)15-13(17)19/h5-7H,3-4,8H2,1-2H3,(H,15,19). The van der Waals surface area contributed by atoms with E-state index in [2.05, 4.69) is 4.98 Å². The van der Waals surface area contributed by atoms with Gasteiger partial charge in [-0.3, -0.25) is 4.79 Å². The van der Waals surface area contributed by atoms with Gasteiger partial charge >= 0.3 is 0 Å². The van der Waals surface area contributed by atoms with Crippen LogP contribution in [0.1, 0.15) is 13.8 Å². The van der Waals surface area contributed by atoms with Crippen LogP contribution in [0.25, 0.3) is 11.0 Å². The lowest BCUT2D eigenvalue weighted by Gasteiger charge is -2.18. The molecule has 102 valence electrons. The number of hydrogen-bond donors (Lipinski definition) is 1. The van der Waals surface area contributed by atoms with Crippen LogP contribution in [0.5, 0.6) is 0 Å². The van der Waals surface area contributed by atoms with Gasteiger partial charge < -0.3 is 14.5 Å². The Morgan fingerprint density at radius 1 is 1.42 bits per heavy atom. The third-order valence-electron chi connectivity index (χ3n) is 3.15. The Hall–Kier alpha value is -1.69. The van der Waals surface area contributed by atoms with E-state index in [9.17, 15) is 9.18 Å². The quantitative estimate of drug-likeness (QED) is 0.875. The van der Waals surface area contributed by atoms with Gasteiger partial charge in [-0.1, -0.05) is 0 Å². The number of carbonyl (C=O) groups excluding carboxylic acids is 1. The van der Waals surface area contributed by atoms with Crippen LogP contribution in [0.2, 0.25) is 0 Å². The monoisotopic (exact) mass is 281 g/mol. The molecule has 0 saturated carbocycles. The van der Waals surface area contributed by atoms with Crippen molar-refractivity contribution in [2.24, 2.45) is 0 Å². The first kappa shape index (κ1) is 13.7. The van der Waals surface area contributed by atoms with Crippen LogP contribution in [0.3, 0.4) is 0 Å². The highest BCUT2D eigenvalue weighted by atomic mass is 32.1. The van der Waals surface area contributed by atoms with Crippen molar-refractivity contribution in [3.63, 3.8) is 0 Å². The highest BCUT2D eigenvalue weighted by Crippen LogP contribution is 2.15. The summed E-state index contributed by atoms with van der Waals surface area (Å²) in [6, 6.07) is 4.38. The maximum absolute atomic E-state index is 13.3. The molecule has 19 heavy (non-hydrogen) atoms. The molecule has 0 bridgehead atoms. The number of rotatable bonds is 4. The number of hydrogen-bond acceptors (Lipinski definition) is 2. The molecule has 0 aliphatic rings. The maximum Gasteiger partial charge on any atom is 0.242 e. The molecule has 6 heteroatoms. The van der Waals surface area contributed by atoms with Crippen LogP contribution in [-0.4, -0.2) is 33.4 Å². The van der Waals surface area contributed by atoms with Crippen LogP contribution in [0.4, 0.5) is 4.39 Å². The van der Waals surface area contributed by atoms with Gasteiger partial charge in [-0.2, -0.15) is 0 Å². The summed E-state index contributed by atoms with van der Waals surface area (Å²) in [7, 11) is 0. The molecule has 1 N–H and O–H groups in total. The molecule has 0 aliphatic heterocycles. The minimum atomic E-state index is -0.342. The second-order valence-corrected chi connectivity index (χ2v) is 4.63. The Bertz CT molecular complexity index is 657. The minimum Gasteiger partial charge on any atom is -0.342 e. The summed E-state index contributed by atoms with van der Waals surface area (Å²) >= 11 is 5.19. The van der Waals surface area contributed by atoms with Crippen molar-refractivity contribution in [2.75, 3.05) is 13.1 Å². The fraction of sp³-hybridized carbons (Fsp3) is 0.385. The maximum atomic E-state index is 13.3. The van der Waals surface area contributed by atoms with Crippen molar-refractivity contribution in [1.29, 1.82) is 0 Å². The van der Waals surface area contributed by atoms with E-state index in [-0.39, 0.29) is 18.3 Å². The predicted octanol–water partition coefficient (Wildman–Crippen LogP) is 2.71. The van der Waals surface area contributed by atoms with Gasteiger partial charge in [0.1, 0.15) is 12.4 Å². The predicted molar refractivity (Wildman–Crippen MR) is 75.0 cm³/mol. The molecule has 0 unspecified atom stereocenters.